The van der Waals surface area contributed by atoms with Crippen LogP contribution in [0.5, 0.6) is 6.01 Å². The van der Waals surface area contributed by atoms with Gasteiger partial charge in [-0.15, -0.1) is 11.3 Å². The molecule has 1 saturated heterocycles. The Hall–Kier alpha value is -3.45. The summed E-state index contributed by atoms with van der Waals surface area (Å²) in [5.41, 5.74) is 4.57. The molecular formula is C25H24N6O2S. The predicted molar refractivity (Wildman–Crippen MR) is 129 cm³/mol. The van der Waals surface area contributed by atoms with Gasteiger partial charge in [0.1, 0.15) is 17.5 Å². The van der Waals surface area contributed by atoms with Gasteiger partial charge in [0.15, 0.2) is 0 Å². The molecule has 34 heavy (non-hydrogen) atoms. The van der Waals surface area contributed by atoms with E-state index in [1.165, 1.54) is 16.9 Å². The van der Waals surface area contributed by atoms with E-state index in [-0.39, 0.29) is 6.01 Å². The predicted octanol–water partition coefficient (Wildman–Crippen LogP) is 3.86. The SMILES string of the molecule is Cc1cc2sc(C(C#N)c3ccnc(OCc4ccc(CN5CCOCC5)cc4)n3)nc2cn1. The number of fused-ring (bicyclic) bond motifs is 1. The minimum atomic E-state index is -0.595. The van der Waals surface area contributed by atoms with E-state index in [9.17, 15) is 5.26 Å². The largest absolute Gasteiger partial charge is 0.459 e. The summed E-state index contributed by atoms with van der Waals surface area (Å²) in [6, 6.07) is 14.7. The van der Waals surface area contributed by atoms with Crippen LogP contribution in [0.1, 0.15) is 33.4 Å². The first-order valence-electron chi connectivity index (χ1n) is 11.1. The quantitative estimate of drug-likeness (QED) is 0.400. The van der Waals surface area contributed by atoms with Crippen molar-refractivity contribution in [2.45, 2.75) is 26.0 Å². The van der Waals surface area contributed by atoms with Crippen LogP contribution in [0.3, 0.4) is 0 Å². The minimum absolute atomic E-state index is 0.244. The summed E-state index contributed by atoms with van der Waals surface area (Å²) in [4.78, 5) is 20.0. The first kappa shape index (κ1) is 22.3. The fraction of sp³-hybridized carbons (Fsp3) is 0.320. The number of benzene rings is 1. The number of morpholine rings is 1. The van der Waals surface area contributed by atoms with Crippen molar-refractivity contribution in [3.8, 4) is 12.1 Å². The van der Waals surface area contributed by atoms with Gasteiger partial charge in [0.05, 0.1) is 41.4 Å². The van der Waals surface area contributed by atoms with E-state index in [1.54, 1.807) is 18.5 Å². The number of hydrogen-bond acceptors (Lipinski definition) is 9. The molecule has 1 aromatic carbocycles. The minimum Gasteiger partial charge on any atom is -0.459 e. The first-order chi connectivity index (χ1) is 16.7. The van der Waals surface area contributed by atoms with E-state index in [0.717, 1.165) is 54.3 Å². The Morgan fingerprint density at radius 3 is 2.71 bits per heavy atom. The Labute approximate surface area is 201 Å². The highest BCUT2D eigenvalue weighted by Gasteiger charge is 2.21. The van der Waals surface area contributed by atoms with Crippen LogP contribution in [0.25, 0.3) is 10.2 Å². The van der Waals surface area contributed by atoms with Gasteiger partial charge in [-0.25, -0.2) is 9.97 Å². The van der Waals surface area contributed by atoms with Crippen molar-refractivity contribution in [2.75, 3.05) is 26.3 Å². The number of aryl methyl sites for hydroxylation is 1. The molecule has 0 radical (unpaired) electrons. The molecule has 9 heteroatoms. The Morgan fingerprint density at radius 2 is 1.91 bits per heavy atom. The van der Waals surface area contributed by atoms with Crippen LogP contribution < -0.4 is 4.74 Å². The summed E-state index contributed by atoms with van der Waals surface area (Å²) in [7, 11) is 0. The van der Waals surface area contributed by atoms with Crippen LogP contribution in [0.4, 0.5) is 0 Å². The number of hydrogen-bond donors (Lipinski definition) is 0. The van der Waals surface area contributed by atoms with Crippen molar-refractivity contribution in [2.24, 2.45) is 0 Å². The second-order valence-electron chi connectivity index (χ2n) is 8.17. The van der Waals surface area contributed by atoms with Gasteiger partial charge in [-0.2, -0.15) is 10.2 Å². The third kappa shape index (κ3) is 5.20. The summed E-state index contributed by atoms with van der Waals surface area (Å²) in [6.45, 7) is 6.75. The van der Waals surface area contributed by atoms with Crippen LogP contribution >= 0.6 is 11.3 Å². The number of aromatic nitrogens is 4. The van der Waals surface area contributed by atoms with E-state index in [1.807, 2.05) is 13.0 Å². The third-order valence-electron chi connectivity index (χ3n) is 5.66. The van der Waals surface area contributed by atoms with E-state index in [0.29, 0.717) is 17.3 Å². The molecule has 0 bridgehead atoms. The number of ether oxygens (including phenoxy) is 2. The maximum Gasteiger partial charge on any atom is 0.316 e. The standard InChI is InChI=1S/C25H24N6O2S/c1-17-12-23-22(14-28-17)29-24(34-23)20(13-26)21-6-7-27-25(30-21)33-16-19-4-2-18(3-5-19)15-31-8-10-32-11-9-31/h2-7,12,14,20H,8-11,15-16H2,1H3. The monoisotopic (exact) mass is 472 g/mol. The maximum atomic E-state index is 9.84. The summed E-state index contributed by atoms with van der Waals surface area (Å²) in [5, 5.41) is 10.5. The van der Waals surface area contributed by atoms with Crippen LogP contribution in [-0.2, 0) is 17.9 Å². The van der Waals surface area contributed by atoms with E-state index in [4.69, 9.17) is 9.47 Å². The number of thiazole rings is 1. The van der Waals surface area contributed by atoms with Gasteiger partial charge in [0.25, 0.3) is 0 Å². The van der Waals surface area contributed by atoms with E-state index >= 15 is 0 Å². The van der Waals surface area contributed by atoms with Gasteiger partial charge in [-0.05, 0) is 30.2 Å². The van der Waals surface area contributed by atoms with Gasteiger partial charge in [0.2, 0.25) is 0 Å². The van der Waals surface area contributed by atoms with Crippen molar-refractivity contribution in [1.82, 2.24) is 24.8 Å². The van der Waals surface area contributed by atoms with Gasteiger partial charge in [-0.1, -0.05) is 24.3 Å². The Kier molecular flexibility index (Phi) is 6.72. The lowest BCUT2D eigenvalue weighted by molar-refractivity contribution is 0.0342. The van der Waals surface area contributed by atoms with Crippen LogP contribution in [0.2, 0.25) is 0 Å². The van der Waals surface area contributed by atoms with Crippen LogP contribution in [0, 0.1) is 18.3 Å². The number of nitriles is 1. The molecule has 0 amide bonds. The topological polar surface area (TPSA) is 97.0 Å². The lowest BCUT2D eigenvalue weighted by atomic mass is 10.1. The molecule has 4 aromatic rings. The van der Waals surface area contributed by atoms with Crippen molar-refractivity contribution in [1.29, 1.82) is 5.26 Å². The molecular weight excluding hydrogens is 448 g/mol. The second-order valence-corrected chi connectivity index (χ2v) is 9.23. The fourth-order valence-corrected chi connectivity index (χ4v) is 4.90. The second kappa shape index (κ2) is 10.2. The molecule has 0 aliphatic carbocycles. The zero-order valence-electron chi connectivity index (χ0n) is 18.8. The van der Waals surface area contributed by atoms with Crippen molar-refractivity contribution < 1.29 is 9.47 Å². The third-order valence-corrected chi connectivity index (χ3v) is 6.74. The van der Waals surface area contributed by atoms with E-state index in [2.05, 4.69) is 55.2 Å². The highest BCUT2D eigenvalue weighted by atomic mass is 32.1. The Balaban J connectivity index is 1.25. The number of pyridine rings is 1. The van der Waals surface area contributed by atoms with Crippen LogP contribution in [-0.4, -0.2) is 51.1 Å². The molecule has 172 valence electrons. The van der Waals surface area contributed by atoms with Crippen molar-refractivity contribution in [3.05, 3.63) is 76.3 Å². The Bertz CT molecular complexity index is 1310. The molecule has 1 aliphatic rings. The lowest BCUT2D eigenvalue weighted by Crippen LogP contribution is -2.35. The van der Waals surface area contributed by atoms with Gasteiger partial charge in [0, 0.05) is 31.5 Å². The average Bonchev–Trinajstić information content (AvgIpc) is 3.28. The Morgan fingerprint density at radius 1 is 1.12 bits per heavy atom. The van der Waals surface area contributed by atoms with Gasteiger partial charge < -0.3 is 9.47 Å². The van der Waals surface area contributed by atoms with E-state index < -0.39 is 5.92 Å². The number of rotatable bonds is 7. The normalized spacial score (nSPS) is 15.2. The van der Waals surface area contributed by atoms with Crippen LogP contribution in [0.15, 0.2) is 48.8 Å². The fourth-order valence-electron chi connectivity index (χ4n) is 3.81. The molecule has 5 rings (SSSR count). The summed E-state index contributed by atoms with van der Waals surface area (Å²) in [5.74, 6) is -0.595. The summed E-state index contributed by atoms with van der Waals surface area (Å²) in [6.07, 6.45) is 3.35. The zero-order valence-corrected chi connectivity index (χ0v) is 19.7. The average molecular weight is 473 g/mol. The maximum absolute atomic E-state index is 9.84. The highest BCUT2D eigenvalue weighted by Crippen LogP contribution is 2.31. The van der Waals surface area contributed by atoms with Crippen molar-refractivity contribution in [3.63, 3.8) is 0 Å². The smallest absolute Gasteiger partial charge is 0.316 e. The number of nitrogens with zero attached hydrogens (tertiary/aromatic N) is 6. The summed E-state index contributed by atoms with van der Waals surface area (Å²) >= 11 is 1.48. The molecule has 0 saturated carbocycles. The summed E-state index contributed by atoms with van der Waals surface area (Å²) < 4.78 is 12.3. The molecule has 0 N–H and O–H groups in total. The molecule has 4 heterocycles. The van der Waals surface area contributed by atoms with Crippen molar-refractivity contribution >= 4 is 21.6 Å². The zero-order chi connectivity index (χ0) is 23.3. The first-order valence-corrected chi connectivity index (χ1v) is 12.0. The molecule has 1 aliphatic heterocycles. The van der Waals surface area contributed by atoms with Gasteiger partial charge in [-0.3, -0.25) is 9.88 Å². The lowest BCUT2D eigenvalue weighted by Gasteiger charge is -2.26. The molecule has 1 unspecified atom stereocenters. The molecule has 0 spiro atoms. The highest BCUT2D eigenvalue weighted by molar-refractivity contribution is 7.18. The molecule has 3 aromatic heterocycles. The molecule has 1 atom stereocenters. The van der Waals surface area contributed by atoms with Gasteiger partial charge >= 0.3 is 6.01 Å². The molecule has 1 fully saturated rings. The molecule has 8 nitrogen and oxygen atoms in total.